The Hall–Kier alpha value is -0.830. The third kappa shape index (κ3) is 5.14. The fourth-order valence-electron chi connectivity index (χ4n) is 2.63. The predicted octanol–water partition coefficient (Wildman–Crippen LogP) is 5.03. The summed E-state index contributed by atoms with van der Waals surface area (Å²) in [6.07, 6.45) is 2.04. The molecule has 21 heavy (non-hydrogen) atoms. The normalized spacial score (nSPS) is 12.4. The van der Waals surface area contributed by atoms with E-state index < -0.39 is 0 Å². The fourth-order valence-corrected chi connectivity index (χ4v) is 3.39. The van der Waals surface area contributed by atoms with Gasteiger partial charge < -0.3 is 5.32 Å². The van der Waals surface area contributed by atoms with Gasteiger partial charge in [0.1, 0.15) is 0 Å². The number of rotatable bonds is 6. The molecule has 1 atom stereocenters. The first-order chi connectivity index (χ1) is 10.1. The van der Waals surface area contributed by atoms with E-state index in [1.807, 2.05) is 13.1 Å². The number of benzene rings is 2. The molecule has 1 nitrogen and oxygen atoms in total. The van der Waals surface area contributed by atoms with Crippen LogP contribution in [-0.2, 0) is 12.8 Å². The van der Waals surface area contributed by atoms with Crippen molar-refractivity contribution in [3.8, 4) is 0 Å². The van der Waals surface area contributed by atoms with Gasteiger partial charge in [0.25, 0.3) is 0 Å². The Morgan fingerprint density at radius 2 is 1.95 bits per heavy atom. The van der Waals surface area contributed by atoms with E-state index in [4.69, 9.17) is 11.6 Å². The topological polar surface area (TPSA) is 12.0 Å². The summed E-state index contributed by atoms with van der Waals surface area (Å²) in [4.78, 5) is 0. The summed E-state index contributed by atoms with van der Waals surface area (Å²) in [6, 6.07) is 14.9. The van der Waals surface area contributed by atoms with Crippen molar-refractivity contribution in [3.05, 3.63) is 68.7 Å². The lowest BCUT2D eigenvalue weighted by Crippen LogP contribution is -2.23. The zero-order valence-electron chi connectivity index (χ0n) is 12.5. The second kappa shape index (κ2) is 7.98. The lowest BCUT2D eigenvalue weighted by atomic mass is 9.92. The van der Waals surface area contributed by atoms with E-state index >= 15 is 0 Å². The van der Waals surface area contributed by atoms with Gasteiger partial charge in [-0.25, -0.2) is 0 Å². The van der Waals surface area contributed by atoms with Crippen LogP contribution in [0.4, 0.5) is 0 Å². The number of nitrogens with one attached hydrogen (secondary N) is 1. The molecule has 0 aromatic heterocycles. The van der Waals surface area contributed by atoms with Crippen LogP contribution in [0.15, 0.2) is 46.9 Å². The second-order valence-electron chi connectivity index (χ2n) is 5.56. The number of hydrogen-bond acceptors (Lipinski definition) is 1. The van der Waals surface area contributed by atoms with Crippen LogP contribution in [0.5, 0.6) is 0 Å². The van der Waals surface area contributed by atoms with Crippen LogP contribution in [0.25, 0.3) is 0 Å². The summed E-state index contributed by atoms with van der Waals surface area (Å²) >= 11 is 9.91. The molecule has 2 aromatic rings. The van der Waals surface area contributed by atoms with Gasteiger partial charge in [-0.1, -0.05) is 51.8 Å². The zero-order chi connectivity index (χ0) is 15.2. The molecule has 2 aromatic carbocycles. The molecule has 2 rings (SSSR count). The van der Waals surface area contributed by atoms with E-state index in [1.54, 1.807) is 0 Å². The summed E-state index contributed by atoms with van der Waals surface area (Å²) < 4.78 is 1.14. The van der Waals surface area contributed by atoms with Gasteiger partial charge in [0.05, 0.1) is 0 Å². The SMILES string of the molecule is CNCC(Cc1cccc(Br)c1)Cc1ccc(C)cc1Cl. The average molecular weight is 367 g/mol. The van der Waals surface area contributed by atoms with Gasteiger partial charge in [-0.15, -0.1) is 0 Å². The van der Waals surface area contributed by atoms with Gasteiger partial charge in [0, 0.05) is 9.50 Å². The first-order valence-electron chi connectivity index (χ1n) is 7.22. The summed E-state index contributed by atoms with van der Waals surface area (Å²) in [5.74, 6) is 0.532. The first kappa shape index (κ1) is 16.5. The van der Waals surface area contributed by atoms with E-state index in [0.717, 1.165) is 28.9 Å². The molecule has 1 N–H and O–H groups in total. The van der Waals surface area contributed by atoms with E-state index in [2.05, 4.69) is 64.6 Å². The average Bonchev–Trinajstić information content (AvgIpc) is 2.42. The Kier molecular flexibility index (Phi) is 6.28. The van der Waals surface area contributed by atoms with E-state index in [9.17, 15) is 0 Å². The third-order valence-corrected chi connectivity index (χ3v) is 4.47. The lowest BCUT2D eigenvalue weighted by Gasteiger charge is -2.18. The maximum Gasteiger partial charge on any atom is 0.0440 e. The van der Waals surface area contributed by atoms with Gasteiger partial charge in [-0.05, 0) is 74.2 Å². The minimum atomic E-state index is 0.532. The molecule has 0 radical (unpaired) electrons. The van der Waals surface area contributed by atoms with Crippen molar-refractivity contribution in [2.24, 2.45) is 5.92 Å². The molecule has 0 fully saturated rings. The molecule has 112 valence electrons. The summed E-state index contributed by atoms with van der Waals surface area (Å²) in [5, 5.41) is 4.18. The van der Waals surface area contributed by atoms with Gasteiger partial charge >= 0.3 is 0 Å². The highest BCUT2D eigenvalue weighted by Crippen LogP contribution is 2.23. The first-order valence-corrected chi connectivity index (χ1v) is 8.39. The molecule has 1 unspecified atom stereocenters. The molecule has 0 heterocycles. The molecule has 0 aliphatic carbocycles. The van der Waals surface area contributed by atoms with Crippen LogP contribution < -0.4 is 5.32 Å². The van der Waals surface area contributed by atoms with Crippen molar-refractivity contribution in [1.82, 2.24) is 5.32 Å². The second-order valence-corrected chi connectivity index (χ2v) is 6.88. The van der Waals surface area contributed by atoms with E-state index in [-0.39, 0.29) is 0 Å². The fraction of sp³-hybridized carbons (Fsp3) is 0.333. The summed E-state index contributed by atoms with van der Waals surface area (Å²) in [7, 11) is 2.00. The minimum Gasteiger partial charge on any atom is -0.319 e. The van der Waals surface area contributed by atoms with E-state index in [0.29, 0.717) is 5.92 Å². The summed E-state index contributed by atoms with van der Waals surface area (Å²) in [6.45, 7) is 3.05. The lowest BCUT2D eigenvalue weighted by molar-refractivity contribution is 0.493. The van der Waals surface area contributed by atoms with Crippen LogP contribution in [0.3, 0.4) is 0 Å². The monoisotopic (exact) mass is 365 g/mol. The number of halogens is 2. The molecular formula is C18H21BrClN. The highest BCUT2D eigenvalue weighted by Gasteiger charge is 2.12. The highest BCUT2D eigenvalue weighted by atomic mass is 79.9. The quantitative estimate of drug-likeness (QED) is 0.756. The molecule has 0 saturated carbocycles. The predicted molar refractivity (Wildman–Crippen MR) is 95.2 cm³/mol. The minimum absolute atomic E-state index is 0.532. The summed E-state index contributed by atoms with van der Waals surface area (Å²) in [5.41, 5.74) is 3.80. The smallest absolute Gasteiger partial charge is 0.0440 e. The van der Waals surface area contributed by atoms with Gasteiger partial charge in [0.15, 0.2) is 0 Å². The largest absolute Gasteiger partial charge is 0.319 e. The Bertz CT molecular complexity index is 598. The molecule has 0 saturated heterocycles. The Balaban J connectivity index is 2.11. The van der Waals surface area contributed by atoms with Gasteiger partial charge in [0.2, 0.25) is 0 Å². The van der Waals surface area contributed by atoms with Crippen LogP contribution in [0, 0.1) is 12.8 Å². The van der Waals surface area contributed by atoms with Crippen molar-refractivity contribution in [2.45, 2.75) is 19.8 Å². The standard InChI is InChI=1S/C18H21BrClN/c1-13-6-7-16(18(20)8-13)10-15(12-21-2)9-14-4-3-5-17(19)11-14/h3-8,11,15,21H,9-10,12H2,1-2H3. The maximum atomic E-state index is 6.37. The number of aryl methyl sites for hydroxylation is 1. The van der Waals surface area contributed by atoms with Crippen molar-refractivity contribution >= 4 is 27.5 Å². The van der Waals surface area contributed by atoms with Crippen molar-refractivity contribution in [1.29, 1.82) is 0 Å². The van der Waals surface area contributed by atoms with Crippen molar-refractivity contribution in [3.63, 3.8) is 0 Å². The van der Waals surface area contributed by atoms with Crippen LogP contribution in [0.2, 0.25) is 5.02 Å². The highest BCUT2D eigenvalue weighted by molar-refractivity contribution is 9.10. The van der Waals surface area contributed by atoms with Crippen molar-refractivity contribution in [2.75, 3.05) is 13.6 Å². The van der Waals surface area contributed by atoms with Crippen LogP contribution >= 0.6 is 27.5 Å². The zero-order valence-corrected chi connectivity index (χ0v) is 14.8. The maximum absolute atomic E-state index is 6.37. The molecular weight excluding hydrogens is 346 g/mol. The molecule has 0 aliphatic rings. The van der Waals surface area contributed by atoms with Gasteiger partial charge in [-0.3, -0.25) is 0 Å². The molecule has 0 spiro atoms. The number of hydrogen-bond donors (Lipinski definition) is 1. The van der Waals surface area contributed by atoms with Crippen LogP contribution in [-0.4, -0.2) is 13.6 Å². The molecule has 0 amide bonds. The molecule has 3 heteroatoms. The van der Waals surface area contributed by atoms with Crippen molar-refractivity contribution < 1.29 is 0 Å². The third-order valence-electron chi connectivity index (χ3n) is 3.62. The Morgan fingerprint density at radius 1 is 1.14 bits per heavy atom. The van der Waals surface area contributed by atoms with E-state index in [1.165, 1.54) is 16.7 Å². The van der Waals surface area contributed by atoms with Crippen LogP contribution in [0.1, 0.15) is 16.7 Å². The molecule has 0 aliphatic heterocycles. The Labute approximate surface area is 140 Å². The Morgan fingerprint density at radius 3 is 2.62 bits per heavy atom. The van der Waals surface area contributed by atoms with Gasteiger partial charge in [-0.2, -0.15) is 0 Å². The molecule has 0 bridgehead atoms.